The third-order valence-electron chi connectivity index (χ3n) is 3.95. The van der Waals surface area contributed by atoms with E-state index in [1.165, 1.54) is 4.68 Å². The smallest absolute Gasteiger partial charge is 0.345 e. The minimum Gasteiger partial charge on any atom is -0.497 e. The number of nitrogens with two attached hydrogens (primary N) is 1. The molecule has 112 valence electrons. The molecule has 21 heavy (non-hydrogen) atoms. The topological polar surface area (TPSA) is 75.1 Å². The first-order valence-corrected chi connectivity index (χ1v) is 7.25. The van der Waals surface area contributed by atoms with Crippen LogP contribution in [0.4, 0.5) is 0 Å². The third-order valence-corrected chi connectivity index (χ3v) is 3.95. The Hall–Kier alpha value is -2.08. The quantitative estimate of drug-likeness (QED) is 0.914. The number of hydrogen-bond donors (Lipinski definition) is 1. The predicted molar refractivity (Wildman–Crippen MR) is 79.3 cm³/mol. The Bertz CT molecular complexity index is 672. The second-order valence-corrected chi connectivity index (χ2v) is 5.37. The SMILES string of the molecule is COc1ccc(C(N)Cn2nc3n(c2=O)CCCC3)cc1. The zero-order valence-electron chi connectivity index (χ0n) is 12.2. The molecule has 1 atom stereocenters. The molecule has 0 bridgehead atoms. The van der Waals surface area contributed by atoms with Crippen LogP contribution >= 0.6 is 0 Å². The average molecular weight is 288 g/mol. The monoisotopic (exact) mass is 288 g/mol. The van der Waals surface area contributed by atoms with E-state index in [-0.39, 0.29) is 11.7 Å². The number of nitrogens with zero attached hydrogens (tertiary/aromatic N) is 3. The van der Waals surface area contributed by atoms with Crippen molar-refractivity contribution in [3.8, 4) is 5.75 Å². The van der Waals surface area contributed by atoms with E-state index in [4.69, 9.17) is 10.5 Å². The van der Waals surface area contributed by atoms with Crippen molar-refractivity contribution in [2.24, 2.45) is 5.73 Å². The van der Waals surface area contributed by atoms with Gasteiger partial charge in [-0.1, -0.05) is 12.1 Å². The molecule has 0 fully saturated rings. The first-order valence-electron chi connectivity index (χ1n) is 7.25. The fourth-order valence-electron chi connectivity index (χ4n) is 2.71. The fraction of sp³-hybridized carbons (Fsp3) is 0.467. The number of aryl methyl sites for hydroxylation is 1. The highest BCUT2D eigenvalue weighted by Crippen LogP contribution is 2.17. The maximum Gasteiger partial charge on any atom is 0.345 e. The lowest BCUT2D eigenvalue weighted by molar-refractivity contribution is 0.414. The van der Waals surface area contributed by atoms with Crippen LogP contribution in [0.1, 0.15) is 30.3 Å². The molecule has 0 spiro atoms. The van der Waals surface area contributed by atoms with Gasteiger partial charge < -0.3 is 10.5 Å². The highest BCUT2D eigenvalue weighted by Gasteiger charge is 2.18. The van der Waals surface area contributed by atoms with Gasteiger partial charge in [-0.25, -0.2) is 9.48 Å². The molecule has 0 amide bonds. The van der Waals surface area contributed by atoms with Crippen LogP contribution in [-0.4, -0.2) is 21.5 Å². The van der Waals surface area contributed by atoms with E-state index in [1.54, 1.807) is 11.7 Å². The van der Waals surface area contributed by atoms with E-state index in [1.807, 2.05) is 24.3 Å². The molecule has 1 unspecified atom stereocenters. The molecule has 6 nitrogen and oxygen atoms in total. The Morgan fingerprint density at radius 2 is 2.10 bits per heavy atom. The molecule has 2 N–H and O–H groups in total. The van der Waals surface area contributed by atoms with Crippen LogP contribution in [0.3, 0.4) is 0 Å². The summed E-state index contributed by atoms with van der Waals surface area (Å²) >= 11 is 0. The molecule has 1 aromatic heterocycles. The molecule has 0 saturated heterocycles. The lowest BCUT2D eigenvalue weighted by Gasteiger charge is -2.11. The first-order chi connectivity index (χ1) is 10.2. The molecule has 1 aliphatic rings. The Labute approximate surface area is 123 Å². The van der Waals surface area contributed by atoms with Crippen molar-refractivity contribution in [3.63, 3.8) is 0 Å². The molecule has 2 heterocycles. The summed E-state index contributed by atoms with van der Waals surface area (Å²) in [5.74, 6) is 1.67. The third kappa shape index (κ3) is 2.71. The number of aromatic nitrogens is 3. The molecule has 6 heteroatoms. The van der Waals surface area contributed by atoms with Crippen molar-refractivity contribution in [2.45, 2.75) is 38.4 Å². The van der Waals surface area contributed by atoms with Crippen LogP contribution in [0.2, 0.25) is 0 Å². The highest BCUT2D eigenvalue weighted by molar-refractivity contribution is 5.28. The van der Waals surface area contributed by atoms with Crippen molar-refractivity contribution < 1.29 is 4.74 Å². The van der Waals surface area contributed by atoms with Crippen LogP contribution in [0.15, 0.2) is 29.1 Å². The van der Waals surface area contributed by atoms with E-state index in [0.717, 1.165) is 42.9 Å². The number of methoxy groups -OCH3 is 1. The van der Waals surface area contributed by atoms with Crippen LogP contribution in [0.25, 0.3) is 0 Å². The molecule has 0 aliphatic carbocycles. The summed E-state index contributed by atoms with van der Waals surface area (Å²) in [6, 6.07) is 7.33. The van der Waals surface area contributed by atoms with Crippen molar-refractivity contribution in [2.75, 3.05) is 7.11 Å². The Morgan fingerprint density at radius 1 is 1.33 bits per heavy atom. The average Bonchev–Trinajstić information content (AvgIpc) is 2.84. The predicted octanol–water partition coefficient (Wildman–Crippen LogP) is 1.09. The normalized spacial score (nSPS) is 15.5. The van der Waals surface area contributed by atoms with Crippen LogP contribution in [0.5, 0.6) is 5.75 Å². The minimum atomic E-state index is -0.259. The van der Waals surface area contributed by atoms with Crippen molar-refractivity contribution >= 4 is 0 Å². The molecule has 1 aliphatic heterocycles. The van der Waals surface area contributed by atoms with Gasteiger partial charge in [0.05, 0.1) is 13.7 Å². The zero-order chi connectivity index (χ0) is 14.8. The highest BCUT2D eigenvalue weighted by atomic mass is 16.5. The van der Waals surface area contributed by atoms with Gasteiger partial charge in [0.1, 0.15) is 11.6 Å². The van der Waals surface area contributed by atoms with Crippen molar-refractivity contribution in [1.29, 1.82) is 0 Å². The van der Waals surface area contributed by atoms with Gasteiger partial charge in [0.15, 0.2) is 0 Å². The maximum absolute atomic E-state index is 12.3. The second kappa shape index (κ2) is 5.73. The zero-order valence-corrected chi connectivity index (χ0v) is 12.2. The van der Waals surface area contributed by atoms with Gasteiger partial charge in [0.2, 0.25) is 0 Å². The van der Waals surface area contributed by atoms with Crippen molar-refractivity contribution in [1.82, 2.24) is 14.3 Å². The number of hydrogen-bond acceptors (Lipinski definition) is 4. The summed E-state index contributed by atoms with van der Waals surface area (Å²) in [5.41, 5.74) is 7.11. The summed E-state index contributed by atoms with van der Waals surface area (Å²) < 4.78 is 8.39. The van der Waals surface area contributed by atoms with Gasteiger partial charge in [-0.05, 0) is 30.5 Å². The number of rotatable bonds is 4. The van der Waals surface area contributed by atoms with E-state index in [0.29, 0.717) is 6.54 Å². The maximum atomic E-state index is 12.3. The molecule has 2 aromatic rings. The van der Waals surface area contributed by atoms with Crippen LogP contribution in [0, 0.1) is 0 Å². The Morgan fingerprint density at radius 3 is 2.76 bits per heavy atom. The summed E-state index contributed by atoms with van der Waals surface area (Å²) in [6.45, 7) is 1.16. The Balaban J connectivity index is 1.79. The molecular weight excluding hydrogens is 268 g/mol. The number of benzene rings is 1. The molecule has 1 aromatic carbocycles. The van der Waals surface area contributed by atoms with Crippen LogP contribution in [-0.2, 0) is 19.5 Å². The van der Waals surface area contributed by atoms with Crippen LogP contribution < -0.4 is 16.2 Å². The lowest BCUT2D eigenvalue weighted by Crippen LogP contribution is -2.30. The largest absolute Gasteiger partial charge is 0.497 e. The second-order valence-electron chi connectivity index (χ2n) is 5.37. The van der Waals surface area contributed by atoms with Crippen molar-refractivity contribution in [3.05, 3.63) is 46.1 Å². The van der Waals surface area contributed by atoms with Gasteiger partial charge in [0, 0.05) is 19.0 Å². The Kier molecular flexibility index (Phi) is 3.79. The standard InChI is InChI=1S/C15H20N4O2/c1-21-12-7-5-11(6-8-12)13(16)10-19-15(20)18-9-3-2-4-14(18)17-19/h5-8,13H,2-4,9-10,16H2,1H3. The lowest BCUT2D eigenvalue weighted by atomic mass is 10.1. The number of ether oxygens (including phenoxy) is 1. The fourth-order valence-corrected chi connectivity index (χ4v) is 2.71. The summed E-state index contributed by atoms with van der Waals surface area (Å²) in [5, 5.41) is 4.41. The minimum absolute atomic E-state index is 0.0475. The molecule has 0 radical (unpaired) electrons. The van der Waals surface area contributed by atoms with E-state index >= 15 is 0 Å². The summed E-state index contributed by atoms with van der Waals surface area (Å²) in [7, 11) is 1.63. The summed E-state index contributed by atoms with van der Waals surface area (Å²) in [4.78, 5) is 12.3. The molecular formula is C15H20N4O2. The summed E-state index contributed by atoms with van der Waals surface area (Å²) in [6.07, 6.45) is 3.02. The molecule has 0 saturated carbocycles. The van der Waals surface area contributed by atoms with Gasteiger partial charge in [-0.3, -0.25) is 4.57 Å². The van der Waals surface area contributed by atoms with Gasteiger partial charge in [-0.15, -0.1) is 0 Å². The number of fused-ring (bicyclic) bond motifs is 1. The van der Waals surface area contributed by atoms with Gasteiger partial charge in [-0.2, -0.15) is 5.10 Å². The molecule has 3 rings (SSSR count). The van der Waals surface area contributed by atoms with Gasteiger partial charge >= 0.3 is 5.69 Å². The van der Waals surface area contributed by atoms with Gasteiger partial charge in [0.25, 0.3) is 0 Å². The van der Waals surface area contributed by atoms with E-state index in [2.05, 4.69) is 5.10 Å². The first kappa shape index (κ1) is 13.9. The van der Waals surface area contributed by atoms with E-state index in [9.17, 15) is 4.79 Å². The van der Waals surface area contributed by atoms with E-state index < -0.39 is 0 Å².